The molecule has 1 aromatic rings. The summed E-state index contributed by atoms with van der Waals surface area (Å²) >= 11 is 0. The minimum absolute atomic E-state index is 0.736. The maximum atomic E-state index is 3.57. The second kappa shape index (κ2) is 6.93. The van der Waals surface area contributed by atoms with Gasteiger partial charge in [0.1, 0.15) is 0 Å². The Morgan fingerprint density at radius 2 is 2.00 bits per heavy atom. The summed E-state index contributed by atoms with van der Waals surface area (Å²) in [6.07, 6.45) is 5.52. The highest BCUT2D eigenvalue weighted by molar-refractivity contribution is 5.27. The molecule has 0 radical (unpaired) electrons. The summed E-state index contributed by atoms with van der Waals surface area (Å²) in [5.41, 5.74) is 3.09. The van der Waals surface area contributed by atoms with Gasteiger partial charge in [-0.2, -0.15) is 0 Å². The fourth-order valence-corrected chi connectivity index (χ4v) is 4.01. The van der Waals surface area contributed by atoms with Gasteiger partial charge in [0.25, 0.3) is 0 Å². The van der Waals surface area contributed by atoms with Crippen LogP contribution in [-0.4, -0.2) is 30.6 Å². The molecule has 1 aliphatic heterocycles. The van der Waals surface area contributed by atoms with Gasteiger partial charge in [-0.05, 0) is 61.7 Å². The molecule has 1 heterocycles. The molecule has 2 unspecified atom stereocenters. The molecule has 0 spiro atoms. The largest absolute Gasteiger partial charge is 0.316 e. The molecule has 1 aliphatic carbocycles. The Bertz CT molecular complexity index is 455. The summed E-state index contributed by atoms with van der Waals surface area (Å²) in [6, 6.07) is 9.93. The smallest absolute Gasteiger partial charge is 0.0239 e. The van der Waals surface area contributed by atoms with Gasteiger partial charge in [-0.1, -0.05) is 38.1 Å². The highest BCUT2D eigenvalue weighted by Crippen LogP contribution is 2.38. The lowest BCUT2D eigenvalue weighted by Gasteiger charge is -2.27. The molecule has 21 heavy (non-hydrogen) atoms. The van der Waals surface area contributed by atoms with Crippen molar-refractivity contribution in [2.45, 2.75) is 52.1 Å². The average molecular weight is 286 g/mol. The molecule has 2 bridgehead atoms. The first-order chi connectivity index (χ1) is 10.2. The first kappa shape index (κ1) is 15.1. The van der Waals surface area contributed by atoms with Gasteiger partial charge in [-0.25, -0.2) is 0 Å². The second-order valence-corrected chi connectivity index (χ2v) is 7.38. The van der Waals surface area contributed by atoms with Crippen LogP contribution in [0.4, 0.5) is 0 Å². The Labute approximate surface area is 129 Å². The Morgan fingerprint density at radius 3 is 2.67 bits per heavy atom. The van der Waals surface area contributed by atoms with Gasteiger partial charge in [0.15, 0.2) is 0 Å². The van der Waals surface area contributed by atoms with Crippen LogP contribution in [0.25, 0.3) is 0 Å². The lowest BCUT2D eigenvalue weighted by atomic mass is 10.0. The molecule has 1 aromatic carbocycles. The van der Waals surface area contributed by atoms with Crippen LogP contribution in [0.2, 0.25) is 0 Å². The van der Waals surface area contributed by atoms with E-state index >= 15 is 0 Å². The third-order valence-electron chi connectivity index (χ3n) is 5.14. The lowest BCUT2D eigenvalue weighted by Crippen LogP contribution is -2.32. The Kier molecular flexibility index (Phi) is 4.97. The summed E-state index contributed by atoms with van der Waals surface area (Å²) in [6.45, 7) is 9.26. The van der Waals surface area contributed by atoms with Gasteiger partial charge < -0.3 is 5.32 Å². The predicted octanol–water partition coefficient (Wildman–Crippen LogP) is 3.46. The van der Waals surface area contributed by atoms with Crippen molar-refractivity contribution in [1.82, 2.24) is 10.2 Å². The van der Waals surface area contributed by atoms with Gasteiger partial charge in [-0.15, -0.1) is 0 Å². The van der Waals surface area contributed by atoms with E-state index in [-0.39, 0.29) is 0 Å². The van der Waals surface area contributed by atoms with Crippen molar-refractivity contribution < 1.29 is 0 Å². The average Bonchev–Trinajstić information content (AvgIpc) is 3.07. The Morgan fingerprint density at radius 1 is 1.19 bits per heavy atom. The third-order valence-corrected chi connectivity index (χ3v) is 5.14. The maximum Gasteiger partial charge on any atom is 0.0239 e. The zero-order chi connectivity index (χ0) is 14.7. The molecule has 2 aliphatic rings. The van der Waals surface area contributed by atoms with Crippen LogP contribution in [0.3, 0.4) is 0 Å². The summed E-state index contributed by atoms with van der Waals surface area (Å²) in [5, 5.41) is 3.57. The first-order valence-electron chi connectivity index (χ1n) is 8.74. The molecule has 2 fully saturated rings. The zero-order valence-electron chi connectivity index (χ0n) is 13.6. The molecule has 1 N–H and O–H groups in total. The van der Waals surface area contributed by atoms with Crippen LogP contribution in [-0.2, 0) is 13.0 Å². The lowest BCUT2D eigenvalue weighted by molar-refractivity contribution is 0.205. The van der Waals surface area contributed by atoms with Crippen molar-refractivity contribution in [2.24, 2.45) is 11.8 Å². The Hall–Kier alpha value is -0.860. The number of nitrogens with one attached hydrogen (secondary N) is 1. The van der Waals surface area contributed by atoms with Crippen molar-refractivity contribution in [3.63, 3.8) is 0 Å². The number of hydrogen-bond acceptors (Lipinski definition) is 2. The molecule has 2 atom stereocenters. The van der Waals surface area contributed by atoms with Crippen LogP contribution in [0.15, 0.2) is 24.3 Å². The molecule has 2 heteroatoms. The fourth-order valence-electron chi connectivity index (χ4n) is 4.01. The molecular formula is C19H30N2. The van der Waals surface area contributed by atoms with Crippen LogP contribution >= 0.6 is 0 Å². The molecule has 3 rings (SSSR count). The second-order valence-electron chi connectivity index (χ2n) is 7.38. The van der Waals surface area contributed by atoms with E-state index in [4.69, 9.17) is 0 Å². The van der Waals surface area contributed by atoms with Crippen LogP contribution < -0.4 is 5.32 Å². The quantitative estimate of drug-likeness (QED) is 0.772. The minimum Gasteiger partial charge on any atom is -0.316 e. The summed E-state index contributed by atoms with van der Waals surface area (Å²) in [5.74, 6) is 1.73. The van der Waals surface area contributed by atoms with E-state index < -0.39 is 0 Å². The monoisotopic (exact) mass is 286 g/mol. The van der Waals surface area contributed by atoms with Crippen molar-refractivity contribution in [3.05, 3.63) is 35.4 Å². The van der Waals surface area contributed by atoms with Gasteiger partial charge in [-0.3, -0.25) is 4.90 Å². The number of piperidine rings is 1. The van der Waals surface area contributed by atoms with E-state index in [0.29, 0.717) is 0 Å². The maximum absolute atomic E-state index is 3.57. The van der Waals surface area contributed by atoms with Crippen molar-refractivity contribution in [3.8, 4) is 0 Å². The van der Waals surface area contributed by atoms with Gasteiger partial charge >= 0.3 is 0 Å². The number of likely N-dealkylation sites (tertiary alicyclic amines) is 1. The predicted molar refractivity (Wildman–Crippen MR) is 89.4 cm³/mol. The number of hydrogen-bond donors (Lipinski definition) is 1. The Balaban J connectivity index is 1.55. The first-order valence-corrected chi connectivity index (χ1v) is 8.74. The zero-order valence-corrected chi connectivity index (χ0v) is 13.6. The summed E-state index contributed by atoms with van der Waals surface area (Å²) < 4.78 is 0. The summed E-state index contributed by atoms with van der Waals surface area (Å²) in [4.78, 5) is 2.73. The number of nitrogens with zero attached hydrogens (tertiary/aromatic N) is 1. The van der Waals surface area contributed by atoms with Crippen molar-refractivity contribution >= 4 is 0 Å². The van der Waals surface area contributed by atoms with Crippen molar-refractivity contribution in [2.75, 3.05) is 19.6 Å². The van der Waals surface area contributed by atoms with E-state index in [9.17, 15) is 0 Å². The normalized spacial score (nSPS) is 25.1. The minimum atomic E-state index is 0.736. The van der Waals surface area contributed by atoms with Crippen LogP contribution in [0, 0.1) is 11.8 Å². The SMILES string of the molecule is CC(C)CNCCc1ccccc1CN1CC2CCC1C2. The van der Waals surface area contributed by atoms with E-state index in [2.05, 4.69) is 48.3 Å². The number of fused-ring (bicyclic) bond motifs is 2. The highest BCUT2D eigenvalue weighted by atomic mass is 15.2. The van der Waals surface area contributed by atoms with Gasteiger partial charge in [0, 0.05) is 19.1 Å². The van der Waals surface area contributed by atoms with E-state index in [0.717, 1.165) is 37.4 Å². The van der Waals surface area contributed by atoms with Gasteiger partial charge in [0.2, 0.25) is 0 Å². The molecule has 1 saturated heterocycles. The molecule has 2 nitrogen and oxygen atoms in total. The van der Waals surface area contributed by atoms with Crippen molar-refractivity contribution in [1.29, 1.82) is 0 Å². The molecule has 1 saturated carbocycles. The van der Waals surface area contributed by atoms with Crippen LogP contribution in [0.1, 0.15) is 44.2 Å². The summed E-state index contributed by atoms with van der Waals surface area (Å²) in [7, 11) is 0. The van der Waals surface area contributed by atoms with E-state index in [1.54, 1.807) is 5.56 Å². The van der Waals surface area contributed by atoms with Crippen LogP contribution in [0.5, 0.6) is 0 Å². The van der Waals surface area contributed by atoms with E-state index in [1.807, 2.05) is 0 Å². The fraction of sp³-hybridized carbons (Fsp3) is 0.684. The standard InChI is InChI=1S/C19H30N2/c1-15(2)12-20-10-9-17-5-3-4-6-18(17)14-21-13-16-7-8-19(21)11-16/h3-6,15-16,19-20H,7-14H2,1-2H3. The number of benzene rings is 1. The molecule has 116 valence electrons. The van der Waals surface area contributed by atoms with E-state index in [1.165, 1.54) is 37.9 Å². The third kappa shape index (κ3) is 3.87. The molecular weight excluding hydrogens is 256 g/mol. The molecule has 0 amide bonds. The van der Waals surface area contributed by atoms with Gasteiger partial charge in [0.05, 0.1) is 0 Å². The molecule has 0 aromatic heterocycles. The topological polar surface area (TPSA) is 15.3 Å². The highest BCUT2D eigenvalue weighted by Gasteiger charge is 2.37. The number of rotatable bonds is 7.